The lowest BCUT2D eigenvalue weighted by atomic mass is 9.88. The van der Waals surface area contributed by atoms with Gasteiger partial charge >= 0.3 is 6.09 Å². The van der Waals surface area contributed by atoms with E-state index in [1.165, 1.54) is 12.3 Å². The molecule has 1 aliphatic heterocycles. The summed E-state index contributed by atoms with van der Waals surface area (Å²) in [6, 6.07) is 1.50. The first-order valence-corrected chi connectivity index (χ1v) is 7.53. The second kappa shape index (κ2) is 6.60. The van der Waals surface area contributed by atoms with Crippen LogP contribution in [0.4, 0.5) is 9.18 Å². The molecule has 1 aromatic rings. The quantitative estimate of drug-likeness (QED) is 0.912. The van der Waals surface area contributed by atoms with Crippen LogP contribution in [0.5, 0.6) is 0 Å². The number of aliphatic hydroxyl groups excluding tert-OH is 1. The molecule has 0 aromatic carbocycles. The Balaban J connectivity index is 1.92. The number of likely N-dealkylation sites (tertiary alicyclic amines) is 1. The number of pyridine rings is 1. The van der Waals surface area contributed by atoms with E-state index in [-0.39, 0.29) is 17.6 Å². The van der Waals surface area contributed by atoms with Crippen LogP contribution in [-0.4, -0.2) is 39.8 Å². The van der Waals surface area contributed by atoms with Crippen LogP contribution in [-0.2, 0) is 4.74 Å². The Morgan fingerprint density at radius 1 is 1.45 bits per heavy atom. The number of piperidine rings is 1. The minimum Gasteiger partial charge on any atom is -0.444 e. The lowest BCUT2D eigenvalue weighted by Gasteiger charge is -2.35. The van der Waals surface area contributed by atoms with E-state index < -0.39 is 17.5 Å². The first kappa shape index (κ1) is 16.7. The fraction of sp³-hybridized carbons (Fsp3) is 0.625. The zero-order valence-electron chi connectivity index (χ0n) is 13.3. The third-order valence-electron chi connectivity index (χ3n) is 3.76. The normalized spacial score (nSPS) is 18.1. The van der Waals surface area contributed by atoms with E-state index in [2.05, 4.69) is 4.98 Å². The van der Waals surface area contributed by atoms with Crippen molar-refractivity contribution in [2.24, 2.45) is 5.92 Å². The molecule has 6 heteroatoms. The van der Waals surface area contributed by atoms with Gasteiger partial charge in [0.05, 0.1) is 12.3 Å². The smallest absolute Gasteiger partial charge is 0.410 e. The Morgan fingerprint density at radius 3 is 2.64 bits per heavy atom. The summed E-state index contributed by atoms with van der Waals surface area (Å²) in [6.45, 7) is 6.49. The summed E-state index contributed by atoms with van der Waals surface area (Å²) >= 11 is 0. The highest BCUT2D eigenvalue weighted by Crippen LogP contribution is 2.32. The van der Waals surface area contributed by atoms with Gasteiger partial charge in [-0.25, -0.2) is 9.18 Å². The van der Waals surface area contributed by atoms with E-state index in [1.54, 1.807) is 4.90 Å². The van der Waals surface area contributed by atoms with Crippen molar-refractivity contribution >= 4 is 6.09 Å². The highest BCUT2D eigenvalue weighted by Gasteiger charge is 2.31. The van der Waals surface area contributed by atoms with Crippen molar-refractivity contribution in [3.05, 3.63) is 29.8 Å². The van der Waals surface area contributed by atoms with Crippen molar-refractivity contribution < 1.29 is 19.0 Å². The summed E-state index contributed by atoms with van der Waals surface area (Å²) in [5, 5.41) is 10.3. The van der Waals surface area contributed by atoms with E-state index in [0.717, 1.165) is 6.20 Å². The fourth-order valence-corrected chi connectivity index (χ4v) is 2.60. The van der Waals surface area contributed by atoms with Crippen molar-refractivity contribution in [3.8, 4) is 0 Å². The van der Waals surface area contributed by atoms with E-state index in [4.69, 9.17) is 4.74 Å². The molecule has 1 fully saturated rings. The minimum absolute atomic E-state index is 0.0735. The minimum atomic E-state index is -0.871. The lowest BCUT2D eigenvalue weighted by Crippen LogP contribution is -2.42. The van der Waals surface area contributed by atoms with Crippen LogP contribution < -0.4 is 0 Å². The molecule has 1 aromatic heterocycles. The Kier molecular flexibility index (Phi) is 5.01. The van der Waals surface area contributed by atoms with Crippen LogP contribution in [0.25, 0.3) is 0 Å². The zero-order chi connectivity index (χ0) is 16.3. The highest BCUT2D eigenvalue weighted by molar-refractivity contribution is 5.68. The standard InChI is InChI=1S/C16H23FN2O3/c1-16(2,3)22-15(21)19-8-5-11(6-9-19)14(20)12-4-7-18-10-13(12)17/h4,7,10-11,14,20H,5-6,8-9H2,1-3H3/t14-/m1/s1. The van der Waals surface area contributed by atoms with Crippen LogP contribution in [0.15, 0.2) is 18.5 Å². The van der Waals surface area contributed by atoms with Crippen molar-refractivity contribution in [1.82, 2.24) is 9.88 Å². The lowest BCUT2D eigenvalue weighted by molar-refractivity contribution is 0.00720. The maximum atomic E-state index is 13.7. The Labute approximate surface area is 130 Å². The van der Waals surface area contributed by atoms with Gasteiger partial charge in [0.1, 0.15) is 11.4 Å². The number of hydrogen-bond donors (Lipinski definition) is 1. The molecular formula is C16H23FN2O3. The third kappa shape index (κ3) is 4.16. The van der Waals surface area contributed by atoms with Gasteiger partial charge in [0, 0.05) is 24.8 Å². The second-order valence-electron chi connectivity index (χ2n) is 6.65. The summed E-state index contributed by atoms with van der Waals surface area (Å²) in [6.07, 6.45) is 2.59. The zero-order valence-corrected chi connectivity index (χ0v) is 13.3. The molecule has 0 aliphatic carbocycles. The van der Waals surface area contributed by atoms with Crippen LogP contribution in [0, 0.1) is 11.7 Å². The Hall–Kier alpha value is -1.69. The number of ether oxygens (including phenoxy) is 1. The third-order valence-corrected chi connectivity index (χ3v) is 3.76. The topological polar surface area (TPSA) is 62.7 Å². The van der Waals surface area contributed by atoms with Gasteiger partial charge in [-0.15, -0.1) is 0 Å². The molecule has 1 N–H and O–H groups in total. The predicted octanol–water partition coefficient (Wildman–Crippen LogP) is 2.90. The van der Waals surface area contributed by atoms with Gasteiger partial charge in [0.15, 0.2) is 0 Å². The average Bonchev–Trinajstić information content (AvgIpc) is 2.45. The van der Waals surface area contributed by atoms with Gasteiger partial charge in [0.25, 0.3) is 0 Å². The van der Waals surface area contributed by atoms with Crippen LogP contribution in [0.2, 0.25) is 0 Å². The van der Waals surface area contributed by atoms with Crippen LogP contribution in [0.3, 0.4) is 0 Å². The molecule has 1 atom stereocenters. The summed E-state index contributed by atoms with van der Waals surface area (Å²) in [4.78, 5) is 17.3. The number of amides is 1. The summed E-state index contributed by atoms with van der Waals surface area (Å²) in [5.74, 6) is -0.569. The molecule has 122 valence electrons. The molecule has 5 nitrogen and oxygen atoms in total. The summed E-state index contributed by atoms with van der Waals surface area (Å²) < 4.78 is 19.0. The van der Waals surface area contributed by atoms with Crippen LogP contribution in [0.1, 0.15) is 45.3 Å². The number of carbonyl (C=O) groups excluding carboxylic acids is 1. The number of rotatable bonds is 2. The van der Waals surface area contributed by atoms with Gasteiger partial charge < -0.3 is 14.7 Å². The molecule has 0 saturated carbocycles. The van der Waals surface area contributed by atoms with Crippen molar-refractivity contribution in [1.29, 1.82) is 0 Å². The summed E-state index contributed by atoms with van der Waals surface area (Å²) in [5.41, 5.74) is -0.251. The van der Waals surface area contributed by atoms with Gasteiger partial charge in [-0.1, -0.05) is 0 Å². The summed E-state index contributed by atoms with van der Waals surface area (Å²) in [7, 11) is 0. The largest absolute Gasteiger partial charge is 0.444 e. The molecule has 2 rings (SSSR count). The van der Waals surface area contributed by atoms with Gasteiger partial charge in [-0.2, -0.15) is 0 Å². The number of aromatic nitrogens is 1. The number of carbonyl (C=O) groups is 1. The Morgan fingerprint density at radius 2 is 2.09 bits per heavy atom. The average molecular weight is 310 g/mol. The van der Waals surface area contributed by atoms with Gasteiger partial charge in [0.2, 0.25) is 0 Å². The first-order chi connectivity index (χ1) is 10.3. The van der Waals surface area contributed by atoms with E-state index >= 15 is 0 Å². The van der Waals surface area contributed by atoms with Crippen molar-refractivity contribution in [2.75, 3.05) is 13.1 Å². The monoisotopic (exact) mass is 310 g/mol. The SMILES string of the molecule is CC(C)(C)OC(=O)N1CCC([C@@H](O)c2ccncc2F)CC1. The van der Waals surface area contributed by atoms with E-state index in [0.29, 0.717) is 25.9 Å². The van der Waals surface area contributed by atoms with Crippen molar-refractivity contribution in [3.63, 3.8) is 0 Å². The molecule has 0 unspecified atom stereocenters. The molecule has 22 heavy (non-hydrogen) atoms. The highest BCUT2D eigenvalue weighted by atomic mass is 19.1. The van der Waals surface area contributed by atoms with E-state index in [1.807, 2.05) is 20.8 Å². The molecule has 0 spiro atoms. The van der Waals surface area contributed by atoms with Crippen LogP contribution >= 0.6 is 0 Å². The molecule has 0 bridgehead atoms. The maximum absolute atomic E-state index is 13.7. The molecule has 1 saturated heterocycles. The fourth-order valence-electron chi connectivity index (χ4n) is 2.60. The second-order valence-corrected chi connectivity index (χ2v) is 6.65. The molecule has 0 radical (unpaired) electrons. The Bertz CT molecular complexity index is 522. The predicted molar refractivity (Wildman–Crippen MR) is 79.7 cm³/mol. The number of halogens is 1. The first-order valence-electron chi connectivity index (χ1n) is 7.53. The molecule has 2 heterocycles. The van der Waals surface area contributed by atoms with E-state index in [9.17, 15) is 14.3 Å². The van der Waals surface area contributed by atoms with Gasteiger partial charge in [-0.05, 0) is 45.6 Å². The number of aliphatic hydroxyl groups is 1. The van der Waals surface area contributed by atoms with Crippen molar-refractivity contribution in [2.45, 2.75) is 45.3 Å². The molecule has 1 amide bonds. The molecule has 1 aliphatic rings. The maximum Gasteiger partial charge on any atom is 0.410 e. The van der Waals surface area contributed by atoms with Gasteiger partial charge in [-0.3, -0.25) is 4.98 Å². The number of nitrogens with zero attached hydrogens (tertiary/aromatic N) is 2. The number of hydrogen-bond acceptors (Lipinski definition) is 4. The molecular weight excluding hydrogens is 287 g/mol.